The van der Waals surface area contributed by atoms with E-state index in [1.54, 1.807) is 43.5 Å². The molecule has 126 valence electrons. The third-order valence-electron chi connectivity index (χ3n) is 3.02. The first kappa shape index (κ1) is 17.9. The van der Waals surface area contributed by atoms with E-state index in [4.69, 9.17) is 44.1 Å². The maximum atomic E-state index is 6.16. The summed E-state index contributed by atoms with van der Waals surface area (Å²) in [6.07, 6.45) is 1.46. The van der Waals surface area contributed by atoms with Gasteiger partial charge in [0.15, 0.2) is 11.5 Å². The second-order valence-electron chi connectivity index (χ2n) is 4.64. The van der Waals surface area contributed by atoms with Crippen LogP contribution in [0.4, 0.5) is 0 Å². The lowest BCUT2D eigenvalue weighted by molar-refractivity contribution is 0.284. The summed E-state index contributed by atoms with van der Waals surface area (Å²) in [6, 6.07) is 10.6. The molecular formula is C16H16Cl2N4O2. The molecule has 0 spiro atoms. The van der Waals surface area contributed by atoms with E-state index in [-0.39, 0.29) is 12.6 Å². The number of ether oxygens (including phenoxy) is 2. The zero-order chi connectivity index (χ0) is 17.5. The predicted molar refractivity (Wildman–Crippen MR) is 97.2 cm³/mol. The number of benzene rings is 2. The Labute approximate surface area is 149 Å². The summed E-state index contributed by atoms with van der Waals surface area (Å²) in [5.74, 6) is 0.872. The number of methoxy groups -OCH3 is 1. The van der Waals surface area contributed by atoms with Gasteiger partial charge in [-0.15, -0.1) is 5.10 Å². The topological polar surface area (TPSA) is 95.2 Å². The lowest BCUT2D eigenvalue weighted by Gasteiger charge is -2.14. The Kier molecular flexibility index (Phi) is 6.28. The summed E-state index contributed by atoms with van der Waals surface area (Å²) in [7, 11) is 1.54. The van der Waals surface area contributed by atoms with Crippen molar-refractivity contribution >= 4 is 35.4 Å². The summed E-state index contributed by atoms with van der Waals surface area (Å²) >= 11 is 12.3. The molecule has 0 unspecified atom stereocenters. The molecule has 2 aromatic carbocycles. The highest BCUT2D eigenvalue weighted by Gasteiger charge is 2.12. The van der Waals surface area contributed by atoms with Crippen molar-refractivity contribution in [1.82, 2.24) is 0 Å². The SMILES string of the molecule is COc1cccc(C=NN=C(N)N)c1OCc1c(Cl)cccc1Cl. The average molecular weight is 367 g/mol. The van der Waals surface area contributed by atoms with E-state index < -0.39 is 0 Å². The van der Waals surface area contributed by atoms with Gasteiger partial charge in [0.05, 0.1) is 13.3 Å². The molecule has 0 aliphatic rings. The molecule has 2 aromatic rings. The van der Waals surface area contributed by atoms with Gasteiger partial charge in [0.25, 0.3) is 0 Å². The molecule has 2 rings (SSSR count). The minimum Gasteiger partial charge on any atom is -0.493 e. The molecule has 0 aromatic heterocycles. The minimum absolute atomic E-state index is 0.139. The predicted octanol–water partition coefficient (Wildman–Crippen LogP) is 3.19. The van der Waals surface area contributed by atoms with Crippen LogP contribution in [-0.2, 0) is 6.61 Å². The van der Waals surface area contributed by atoms with Gasteiger partial charge in [-0.05, 0) is 24.3 Å². The summed E-state index contributed by atoms with van der Waals surface area (Å²) in [5, 5.41) is 8.40. The van der Waals surface area contributed by atoms with Gasteiger partial charge in [-0.2, -0.15) is 5.10 Å². The highest BCUT2D eigenvalue weighted by molar-refractivity contribution is 6.35. The average Bonchev–Trinajstić information content (AvgIpc) is 2.54. The van der Waals surface area contributed by atoms with Gasteiger partial charge in [0, 0.05) is 21.2 Å². The van der Waals surface area contributed by atoms with Gasteiger partial charge in [-0.25, -0.2) is 0 Å². The number of guanidine groups is 1. The Morgan fingerprint density at radius 2 is 1.79 bits per heavy atom. The van der Waals surface area contributed by atoms with Crippen LogP contribution in [0, 0.1) is 0 Å². The molecule has 24 heavy (non-hydrogen) atoms. The fourth-order valence-electron chi connectivity index (χ4n) is 1.92. The van der Waals surface area contributed by atoms with Crippen LogP contribution in [0.25, 0.3) is 0 Å². The summed E-state index contributed by atoms with van der Waals surface area (Å²) in [6.45, 7) is 0.169. The van der Waals surface area contributed by atoms with Crippen LogP contribution in [0.15, 0.2) is 46.6 Å². The third-order valence-corrected chi connectivity index (χ3v) is 3.73. The number of halogens is 2. The first-order valence-corrected chi connectivity index (χ1v) is 7.63. The third kappa shape index (κ3) is 4.53. The first-order valence-electron chi connectivity index (χ1n) is 6.87. The number of nitrogens with two attached hydrogens (primary N) is 2. The number of nitrogens with zero attached hydrogens (tertiary/aromatic N) is 2. The van der Waals surface area contributed by atoms with Crippen LogP contribution in [0.3, 0.4) is 0 Å². The fourth-order valence-corrected chi connectivity index (χ4v) is 2.43. The van der Waals surface area contributed by atoms with Gasteiger partial charge in [0.1, 0.15) is 6.61 Å². The molecular weight excluding hydrogens is 351 g/mol. The van der Waals surface area contributed by atoms with E-state index in [1.807, 2.05) is 0 Å². The molecule has 0 radical (unpaired) electrons. The summed E-state index contributed by atoms with van der Waals surface area (Å²) in [4.78, 5) is 0. The standard InChI is InChI=1S/C16H16Cl2N4O2/c1-23-14-7-2-4-10(8-21-22-16(19)20)15(14)24-9-11-12(17)5-3-6-13(11)18/h2-8H,9H2,1H3,(H4,19,20,22). The minimum atomic E-state index is -0.139. The van der Waals surface area contributed by atoms with E-state index in [9.17, 15) is 0 Å². The van der Waals surface area contributed by atoms with Crippen molar-refractivity contribution in [3.63, 3.8) is 0 Å². The molecule has 6 nitrogen and oxygen atoms in total. The van der Waals surface area contributed by atoms with Crippen LogP contribution in [0.1, 0.15) is 11.1 Å². The number of rotatable bonds is 6. The molecule has 0 aliphatic heterocycles. The first-order chi connectivity index (χ1) is 11.5. The zero-order valence-electron chi connectivity index (χ0n) is 12.9. The Morgan fingerprint density at radius 3 is 2.42 bits per heavy atom. The van der Waals surface area contributed by atoms with Crippen LogP contribution in [-0.4, -0.2) is 19.3 Å². The van der Waals surface area contributed by atoms with Crippen molar-refractivity contribution in [2.45, 2.75) is 6.61 Å². The van der Waals surface area contributed by atoms with Crippen molar-refractivity contribution in [1.29, 1.82) is 0 Å². The van der Waals surface area contributed by atoms with Gasteiger partial charge >= 0.3 is 0 Å². The Bertz CT molecular complexity index is 754. The molecule has 0 aliphatic carbocycles. The maximum absolute atomic E-state index is 6.16. The summed E-state index contributed by atoms with van der Waals surface area (Å²) in [5.41, 5.74) is 11.8. The molecule has 0 bridgehead atoms. The quantitative estimate of drug-likeness (QED) is 0.466. The van der Waals surface area contributed by atoms with Crippen LogP contribution in [0.2, 0.25) is 10.0 Å². The van der Waals surface area contributed by atoms with Crippen molar-refractivity contribution < 1.29 is 9.47 Å². The molecule has 0 saturated heterocycles. The Hall–Kier alpha value is -2.44. The largest absolute Gasteiger partial charge is 0.493 e. The van der Waals surface area contributed by atoms with Crippen molar-refractivity contribution in [3.05, 3.63) is 57.6 Å². The lowest BCUT2D eigenvalue weighted by atomic mass is 10.2. The highest BCUT2D eigenvalue weighted by Crippen LogP contribution is 2.32. The van der Waals surface area contributed by atoms with E-state index in [0.29, 0.717) is 32.7 Å². The molecule has 4 N–H and O–H groups in total. The second-order valence-corrected chi connectivity index (χ2v) is 5.45. The number of para-hydroxylation sites is 1. The molecule has 0 heterocycles. The van der Waals surface area contributed by atoms with Crippen LogP contribution in [0.5, 0.6) is 11.5 Å². The van der Waals surface area contributed by atoms with E-state index >= 15 is 0 Å². The second kappa shape index (κ2) is 8.42. The molecule has 0 saturated carbocycles. The fraction of sp³-hybridized carbons (Fsp3) is 0.125. The summed E-state index contributed by atoms with van der Waals surface area (Å²) < 4.78 is 11.2. The number of hydrogen-bond acceptors (Lipinski definition) is 4. The Morgan fingerprint density at radius 1 is 1.12 bits per heavy atom. The van der Waals surface area contributed by atoms with Crippen molar-refractivity contribution in [2.75, 3.05) is 7.11 Å². The van der Waals surface area contributed by atoms with Gasteiger partial charge in [-0.1, -0.05) is 35.3 Å². The normalized spacial score (nSPS) is 10.6. The van der Waals surface area contributed by atoms with Crippen LogP contribution < -0.4 is 20.9 Å². The monoisotopic (exact) mass is 366 g/mol. The van der Waals surface area contributed by atoms with Gasteiger partial charge < -0.3 is 20.9 Å². The molecule has 0 atom stereocenters. The van der Waals surface area contributed by atoms with Gasteiger partial charge in [-0.3, -0.25) is 0 Å². The zero-order valence-corrected chi connectivity index (χ0v) is 14.4. The molecule has 0 fully saturated rings. The van der Waals surface area contributed by atoms with E-state index in [1.165, 1.54) is 6.21 Å². The van der Waals surface area contributed by atoms with E-state index in [0.717, 1.165) is 0 Å². The van der Waals surface area contributed by atoms with Crippen LogP contribution >= 0.6 is 23.2 Å². The van der Waals surface area contributed by atoms with Gasteiger partial charge in [0.2, 0.25) is 5.96 Å². The van der Waals surface area contributed by atoms with Crippen molar-refractivity contribution in [2.24, 2.45) is 21.7 Å². The maximum Gasteiger partial charge on any atom is 0.211 e. The lowest BCUT2D eigenvalue weighted by Crippen LogP contribution is -2.21. The van der Waals surface area contributed by atoms with E-state index in [2.05, 4.69) is 10.2 Å². The smallest absolute Gasteiger partial charge is 0.211 e. The number of hydrogen-bond donors (Lipinski definition) is 2. The highest BCUT2D eigenvalue weighted by atomic mass is 35.5. The Balaban J connectivity index is 2.31. The van der Waals surface area contributed by atoms with Crippen molar-refractivity contribution in [3.8, 4) is 11.5 Å². The molecule has 0 amide bonds. The molecule has 8 heteroatoms.